The van der Waals surface area contributed by atoms with Gasteiger partial charge in [-0.2, -0.15) is 0 Å². The van der Waals surface area contributed by atoms with Crippen molar-refractivity contribution in [2.45, 2.75) is 6.42 Å². The van der Waals surface area contributed by atoms with Crippen molar-refractivity contribution < 1.29 is 9.63 Å². The average Bonchev–Trinajstić information content (AvgIpc) is 2.47. The lowest BCUT2D eigenvalue weighted by atomic mass is 10.4. The van der Waals surface area contributed by atoms with E-state index in [1.807, 2.05) is 11.9 Å². The van der Waals surface area contributed by atoms with Gasteiger partial charge in [-0.25, -0.2) is 0 Å². The Balaban J connectivity index is 2.47. The molecule has 0 unspecified atom stereocenters. The van der Waals surface area contributed by atoms with Crippen LogP contribution in [0.5, 0.6) is 5.95 Å². The molecule has 5 heteroatoms. The smallest absolute Gasteiger partial charge is 0.310 e. The van der Waals surface area contributed by atoms with Crippen LogP contribution in [-0.2, 0) is 0 Å². The standard InChI is InChI=1S/C7H13N3O2/c1-10(4-2-3-8)6-5-7(11)12-9-6/h5,11H,2-4,8H2,1H3. The van der Waals surface area contributed by atoms with E-state index < -0.39 is 0 Å². The fourth-order valence-electron chi connectivity index (χ4n) is 0.880. The highest BCUT2D eigenvalue weighted by Gasteiger charge is 2.05. The van der Waals surface area contributed by atoms with Crippen LogP contribution in [0.4, 0.5) is 5.82 Å². The summed E-state index contributed by atoms with van der Waals surface area (Å²) in [6, 6.07) is 1.47. The molecule has 3 N–H and O–H groups in total. The van der Waals surface area contributed by atoms with Crippen LogP contribution in [0.15, 0.2) is 10.6 Å². The molecule has 12 heavy (non-hydrogen) atoms. The number of aromatic nitrogens is 1. The van der Waals surface area contributed by atoms with Crippen molar-refractivity contribution in [1.82, 2.24) is 5.16 Å². The van der Waals surface area contributed by atoms with Crippen molar-refractivity contribution in [1.29, 1.82) is 0 Å². The lowest BCUT2D eigenvalue weighted by molar-refractivity contribution is 0.278. The van der Waals surface area contributed by atoms with Crippen LogP contribution in [0, 0.1) is 0 Å². The second-order valence-electron chi connectivity index (χ2n) is 2.59. The first-order valence-electron chi connectivity index (χ1n) is 3.81. The molecule has 0 bridgehead atoms. The summed E-state index contributed by atoms with van der Waals surface area (Å²) in [5.74, 6) is 0.463. The van der Waals surface area contributed by atoms with Gasteiger partial charge in [0.1, 0.15) is 0 Å². The Morgan fingerprint density at radius 1 is 1.75 bits per heavy atom. The van der Waals surface area contributed by atoms with Crippen molar-refractivity contribution in [2.24, 2.45) is 5.73 Å². The Morgan fingerprint density at radius 2 is 2.50 bits per heavy atom. The van der Waals surface area contributed by atoms with Crippen LogP contribution < -0.4 is 10.6 Å². The van der Waals surface area contributed by atoms with Crippen LogP contribution in [-0.4, -0.2) is 30.4 Å². The second-order valence-corrected chi connectivity index (χ2v) is 2.59. The molecular formula is C7H13N3O2. The SMILES string of the molecule is CN(CCCN)c1cc(O)on1. The Hall–Kier alpha value is -1.23. The molecule has 68 valence electrons. The molecule has 5 nitrogen and oxygen atoms in total. The molecule has 0 aliphatic heterocycles. The van der Waals surface area contributed by atoms with E-state index in [0.29, 0.717) is 12.4 Å². The van der Waals surface area contributed by atoms with Gasteiger partial charge in [0.15, 0.2) is 5.82 Å². The Labute approximate surface area is 70.8 Å². The van der Waals surface area contributed by atoms with Crippen molar-refractivity contribution in [3.63, 3.8) is 0 Å². The quantitative estimate of drug-likeness (QED) is 0.675. The van der Waals surface area contributed by atoms with Crippen molar-refractivity contribution >= 4 is 5.82 Å². The van der Waals surface area contributed by atoms with Crippen LogP contribution in [0.3, 0.4) is 0 Å². The number of anilines is 1. The summed E-state index contributed by atoms with van der Waals surface area (Å²) in [5.41, 5.74) is 5.34. The molecule has 0 aliphatic carbocycles. The fraction of sp³-hybridized carbons (Fsp3) is 0.571. The molecule has 0 aliphatic rings. The van der Waals surface area contributed by atoms with E-state index in [1.54, 1.807) is 0 Å². The summed E-state index contributed by atoms with van der Waals surface area (Å²) in [6.07, 6.45) is 0.893. The largest absolute Gasteiger partial charge is 0.479 e. The molecule has 1 aromatic rings. The summed E-state index contributed by atoms with van der Waals surface area (Å²) in [6.45, 7) is 1.46. The lowest BCUT2D eigenvalue weighted by Crippen LogP contribution is -2.21. The molecule has 0 atom stereocenters. The first-order chi connectivity index (χ1) is 5.74. The molecule has 0 saturated heterocycles. The van der Waals surface area contributed by atoms with E-state index in [9.17, 15) is 0 Å². The van der Waals surface area contributed by atoms with Crippen LogP contribution >= 0.6 is 0 Å². The molecule has 0 radical (unpaired) electrons. The van der Waals surface area contributed by atoms with Gasteiger partial charge >= 0.3 is 5.95 Å². The van der Waals surface area contributed by atoms with E-state index in [-0.39, 0.29) is 5.95 Å². The lowest BCUT2D eigenvalue weighted by Gasteiger charge is -2.13. The van der Waals surface area contributed by atoms with Gasteiger partial charge in [0.2, 0.25) is 0 Å². The van der Waals surface area contributed by atoms with Crippen molar-refractivity contribution in [3.05, 3.63) is 6.07 Å². The third-order valence-corrected chi connectivity index (χ3v) is 1.57. The number of nitrogens with zero attached hydrogens (tertiary/aromatic N) is 2. The maximum absolute atomic E-state index is 8.85. The Bertz CT molecular complexity index is 236. The molecular weight excluding hydrogens is 158 g/mol. The predicted octanol–water partition coefficient (Wildman–Crippen LogP) is 0.165. The molecule has 1 rings (SSSR count). The fourth-order valence-corrected chi connectivity index (χ4v) is 0.880. The minimum Gasteiger partial charge on any atom is -0.479 e. The van der Waals surface area contributed by atoms with Gasteiger partial charge in [-0.05, 0) is 13.0 Å². The highest BCUT2D eigenvalue weighted by atomic mass is 16.5. The third kappa shape index (κ3) is 2.13. The molecule has 0 saturated carbocycles. The number of nitrogens with two attached hydrogens (primary N) is 1. The third-order valence-electron chi connectivity index (χ3n) is 1.57. The first kappa shape index (κ1) is 8.86. The number of rotatable bonds is 4. The van der Waals surface area contributed by atoms with Crippen molar-refractivity contribution in [2.75, 3.05) is 25.0 Å². The Morgan fingerprint density at radius 3 is 3.00 bits per heavy atom. The van der Waals surface area contributed by atoms with Crippen LogP contribution in [0.25, 0.3) is 0 Å². The summed E-state index contributed by atoms with van der Waals surface area (Å²) in [4.78, 5) is 1.87. The maximum atomic E-state index is 8.85. The topological polar surface area (TPSA) is 75.5 Å². The van der Waals surface area contributed by atoms with Gasteiger partial charge < -0.3 is 20.3 Å². The second kappa shape index (κ2) is 3.96. The zero-order valence-electron chi connectivity index (χ0n) is 7.03. The van der Waals surface area contributed by atoms with Gasteiger partial charge in [-0.3, -0.25) is 0 Å². The van der Waals surface area contributed by atoms with Gasteiger partial charge in [0.05, 0.1) is 6.07 Å². The number of aromatic hydroxyl groups is 1. The predicted molar refractivity (Wildman–Crippen MR) is 45.1 cm³/mol. The van der Waals surface area contributed by atoms with Gasteiger partial charge in [-0.1, -0.05) is 5.16 Å². The van der Waals surface area contributed by atoms with Gasteiger partial charge in [-0.15, -0.1) is 0 Å². The first-order valence-corrected chi connectivity index (χ1v) is 3.81. The molecule has 0 amide bonds. The van der Waals surface area contributed by atoms with E-state index in [0.717, 1.165) is 13.0 Å². The van der Waals surface area contributed by atoms with Gasteiger partial charge in [0, 0.05) is 13.6 Å². The Kier molecular flexibility index (Phi) is 2.93. The van der Waals surface area contributed by atoms with Crippen molar-refractivity contribution in [3.8, 4) is 5.95 Å². The van der Waals surface area contributed by atoms with Crippen LogP contribution in [0.2, 0.25) is 0 Å². The zero-order chi connectivity index (χ0) is 8.97. The molecule has 0 fully saturated rings. The molecule has 0 spiro atoms. The molecule has 0 aromatic carbocycles. The summed E-state index contributed by atoms with van der Waals surface area (Å²) in [5, 5.41) is 12.5. The summed E-state index contributed by atoms with van der Waals surface area (Å²) in [7, 11) is 1.87. The zero-order valence-corrected chi connectivity index (χ0v) is 7.03. The van der Waals surface area contributed by atoms with E-state index in [1.165, 1.54) is 6.07 Å². The summed E-state index contributed by atoms with van der Waals surface area (Å²) < 4.78 is 4.50. The minimum atomic E-state index is -0.162. The normalized spacial score (nSPS) is 10.2. The number of hydrogen-bond donors (Lipinski definition) is 2. The van der Waals surface area contributed by atoms with Crippen LogP contribution in [0.1, 0.15) is 6.42 Å². The van der Waals surface area contributed by atoms with E-state index in [4.69, 9.17) is 10.8 Å². The van der Waals surface area contributed by atoms with Gasteiger partial charge in [0.25, 0.3) is 0 Å². The van der Waals surface area contributed by atoms with E-state index in [2.05, 4.69) is 9.68 Å². The number of hydrogen-bond acceptors (Lipinski definition) is 5. The average molecular weight is 171 g/mol. The summed E-state index contributed by atoms with van der Waals surface area (Å²) >= 11 is 0. The highest BCUT2D eigenvalue weighted by Crippen LogP contribution is 2.17. The molecule has 1 aromatic heterocycles. The maximum Gasteiger partial charge on any atom is 0.310 e. The minimum absolute atomic E-state index is 0.162. The molecule has 1 heterocycles. The van der Waals surface area contributed by atoms with E-state index >= 15 is 0 Å². The highest BCUT2D eigenvalue weighted by molar-refractivity contribution is 5.38. The monoisotopic (exact) mass is 171 g/mol.